The summed E-state index contributed by atoms with van der Waals surface area (Å²) in [4.78, 5) is 11.8. The molecule has 0 fully saturated rings. The van der Waals surface area contributed by atoms with Crippen molar-refractivity contribution in [2.75, 3.05) is 0 Å². The summed E-state index contributed by atoms with van der Waals surface area (Å²) in [7, 11) is 0. The first-order valence-electron chi connectivity index (χ1n) is 3.92. The van der Waals surface area contributed by atoms with Gasteiger partial charge in [0.1, 0.15) is 0 Å². The quantitative estimate of drug-likeness (QED) is 0.684. The Morgan fingerprint density at radius 3 is 3.00 bits per heavy atom. The Bertz CT molecular complexity index is 243. The zero-order chi connectivity index (χ0) is 8.97. The minimum atomic E-state index is -0.238. The van der Waals surface area contributed by atoms with Crippen LogP contribution in [0.25, 0.3) is 0 Å². The Balaban J connectivity index is 2.39. The fraction of sp³-hybridized carbons (Fsp3) is 0.444. The summed E-state index contributed by atoms with van der Waals surface area (Å²) in [5.74, 6) is 0.452. The van der Waals surface area contributed by atoms with Gasteiger partial charge in [-0.2, -0.15) is 0 Å². The van der Waals surface area contributed by atoms with Crippen molar-refractivity contribution >= 4 is 28.2 Å². The molecule has 1 aromatic rings. The largest absolute Gasteiger partial charge is 0.281 e. The van der Waals surface area contributed by atoms with E-state index in [4.69, 9.17) is 11.6 Å². The predicted molar refractivity (Wildman–Crippen MR) is 52.8 cm³/mol. The maximum Gasteiger partial charge on any atom is 0.221 e. The van der Waals surface area contributed by atoms with Crippen LogP contribution in [0.5, 0.6) is 0 Å². The van der Waals surface area contributed by atoms with Gasteiger partial charge in [0, 0.05) is 11.3 Å². The van der Waals surface area contributed by atoms with Crippen molar-refractivity contribution in [2.45, 2.75) is 25.7 Å². The average Bonchev–Trinajstić information content (AvgIpc) is 2.51. The molecule has 0 saturated carbocycles. The molecular formula is C9H11ClOS. The molecule has 1 rings (SSSR count). The van der Waals surface area contributed by atoms with Crippen molar-refractivity contribution in [1.82, 2.24) is 0 Å². The van der Waals surface area contributed by atoms with Gasteiger partial charge in [-0.15, -0.1) is 11.3 Å². The van der Waals surface area contributed by atoms with Crippen molar-refractivity contribution in [1.29, 1.82) is 0 Å². The minimum absolute atomic E-state index is 0.238. The predicted octanol–water partition coefficient (Wildman–Crippen LogP) is 3.40. The van der Waals surface area contributed by atoms with Crippen LogP contribution in [0.2, 0.25) is 0 Å². The number of halogens is 1. The van der Waals surface area contributed by atoms with Gasteiger partial charge >= 0.3 is 0 Å². The second kappa shape index (κ2) is 4.63. The van der Waals surface area contributed by atoms with Gasteiger partial charge < -0.3 is 0 Å². The van der Waals surface area contributed by atoms with Crippen LogP contribution >= 0.6 is 22.9 Å². The topological polar surface area (TPSA) is 17.1 Å². The molecule has 1 aromatic heterocycles. The van der Waals surface area contributed by atoms with E-state index in [-0.39, 0.29) is 5.24 Å². The smallest absolute Gasteiger partial charge is 0.221 e. The fourth-order valence-electron chi connectivity index (χ4n) is 1.04. The van der Waals surface area contributed by atoms with E-state index in [0.717, 1.165) is 6.42 Å². The SMILES string of the molecule is CC(CCC(=O)Cl)c1cccs1. The van der Waals surface area contributed by atoms with Crippen LogP contribution in [-0.2, 0) is 4.79 Å². The molecule has 0 amide bonds. The molecule has 1 unspecified atom stereocenters. The molecule has 1 atom stereocenters. The summed E-state index contributed by atoms with van der Waals surface area (Å²) in [6.07, 6.45) is 1.32. The summed E-state index contributed by atoms with van der Waals surface area (Å²) < 4.78 is 0. The molecule has 0 aromatic carbocycles. The maximum absolute atomic E-state index is 10.5. The van der Waals surface area contributed by atoms with E-state index in [2.05, 4.69) is 13.0 Å². The Hall–Kier alpha value is -0.340. The molecular weight excluding hydrogens is 192 g/mol. The first-order valence-corrected chi connectivity index (χ1v) is 5.17. The number of carbonyl (C=O) groups is 1. The summed E-state index contributed by atoms with van der Waals surface area (Å²) >= 11 is 6.98. The van der Waals surface area contributed by atoms with Crippen LogP contribution in [-0.4, -0.2) is 5.24 Å². The summed E-state index contributed by atoms with van der Waals surface area (Å²) in [5, 5.41) is 1.81. The third kappa shape index (κ3) is 2.95. The van der Waals surface area contributed by atoms with Gasteiger partial charge in [0.15, 0.2) is 0 Å². The zero-order valence-corrected chi connectivity index (χ0v) is 8.49. The van der Waals surface area contributed by atoms with E-state index in [1.165, 1.54) is 4.88 Å². The van der Waals surface area contributed by atoms with E-state index in [0.29, 0.717) is 12.3 Å². The van der Waals surface area contributed by atoms with Crippen LogP contribution in [0.3, 0.4) is 0 Å². The molecule has 0 bridgehead atoms. The van der Waals surface area contributed by atoms with Gasteiger partial charge in [0.2, 0.25) is 5.24 Å². The number of rotatable bonds is 4. The first-order chi connectivity index (χ1) is 5.70. The van der Waals surface area contributed by atoms with Gasteiger partial charge in [-0.25, -0.2) is 0 Å². The summed E-state index contributed by atoms with van der Waals surface area (Å²) in [5.41, 5.74) is 0. The fourth-order valence-corrected chi connectivity index (χ4v) is 1.97. The lowest BCUT2D eigenvalue weighted by Gasteiger charge is -2.05. The van der Waals surface area contributed by atoms with Gasteiger partial charge in [-0.3, -0.25) is 4.79 Å². The molecule has 0 aliphatic carbocycles. The lowest BCUT2D eigenvalue weighted by molar-refractivity contribution is -0.111. The van der Waals surface area contributed by atoms with E-state index >= 15 is 0 Å². The second-order valence-electron chi connectivity index (χ2n) is 2.81. The normalized spacial score (nSPS) is 12.8. The van der Waals surface area contributed by atoms with Gasteiger partial charge in [0.25, 0.3) is 0 Å². The highest BCUT2D eigenvalue weighted by atomic mass is 35.5. The Morgan fingerprint density at radius 1 is 1.75 bits per heavy atom. The molecule has 0 saturated heterocycles. The summed E-state index contributed by atoms with van der Waals surface area (Å²) in [6, 6.07) is 4.12. The Morgan fingerprint density at radius 2 is 2.50 bits per heavy atom. The lowest BCUT2D eigenvalue weighted by Crippen LogP contribution is -1.93. The molecule has 12 heavy (non-hydrogen) atoms. The van der Waals surface area contributed by atoms with Crippen molar-refractivity contribution in [3.05, 3.63) is 22.4 Å². The minimum Gasteiger partial charge on any atom is -0.281 e. The molecule has 1 heterocycles. The van der Waals surface area contributed by atoms with Crippen LogP contribution in [0.4, 0.5) is 0 Å². The van der Waals surface area contributed by atoms with E-state index in [1.807, 2.05) is 11.4 Å². The lowest BCUT2D eigenvalue weighted by atomic mass is 10.0. The van der Waals surface area contributed by atoms with Gasteiger partial charge in [-0.05, 0) is 35.4 Å². The van der Waals surface area contributed by atoms with Crippen molar-refractivity contribution in [3.8, 4) is 0 Å². The highest BCUT2D eigenvalue weighted by molar-refractivity contribution is 7.10. The summed E-state index contributed by atoms with van der Waals surface area (Å²) in [6.45, 7) is 2.12. The number of hydrogen-bond donors (Lipinski definition) is 0. The second-order valence-corrected chi connectivity index (χ2v) is 4.21. The molecule has 0 aliphatic heterocycles. The molecule has 1 nitrogen and oxygen atoms in total. The van der Waals surface area contributed by atoms with Crippen LogP contribution in [0.1, 0.15) is 30.6 Å². The Labute approximate surface area is 81.4 Å². The molecule has 0 aliphatic rings. The monoisotopic (exact) mass is 202 g/mol. The highest BCUT2D eigenvalue weighted by Crippen LogP contribution is 2.24. The molecule has 66 valence electrons. The van der Waals surface area contributed by atoms with Crippen LogP contribution in [0, 0.1) is 0 Å². The van der Waals surface area contributed by atoms with Crippen molar-refractivity contribution in [3.63, 3.8) is 0 Å². The van der Waals surface area contributed by atoms with Crippen LogP contribution < -0.4 is 0 Å². The first kappa shape index (κ1) is 9.75. The standard InChI is InChI=1S/C9H11ClOS/c1-7(4-5-9(10)11)8-3-2-6-12-8/h2-3,6-7H,4-5H2,1H3. The van der Waals surface area contributed by atoms with E-state index < -0.39 is 0 Å². The van der Waals surface area contributed by atoms with E-state index in [9.17, 15) is 4.79 Å². The van der Waals surface area contributed by atoms with E-state index in [1.54, 1.807) is 11.3 Å². The number of hydrogen-bond acceptors (Lipinski definition) is 2. The zero-order valence-electron chi connectivity index (χ0n) is 6.92. The number of thiophene rings is 1. The maximum atomic E-state index is 10.5. The molecule has 0 radical (unpaired) electrons. The third-order valence-corrected chi connectivity index (χ3v) is 3.10. The van der Waals surface area contributed by atoms with Crippen LogP contribution in [0.15, 0.2) is 17.5 Å². The van der Waals surface area contributed by atoms with Crippen molar-refractivity contribution < 1.29 is 4.79 Å². The highest BCUT2D eigenvalue weighted by Gasteiger charge is 2.07. The molecule has 0 spiro atoms. The average molecular weight is 203 g/mol. The number of carbonyl (C=O) groups excluding carboxylic acids is 1. The third-order valence-electron chi connectivity index (χ3n) is 1.80. The van der Waals surface area contributed by atoms with Crippen molar-refractivity contribution in [2.24, 2.45) is 0 Å². The molecule has 0 N–H and O–H groups in total. The molecule has 3 heteroatoms. The van der Waals surface area contributed by atoms with Gasteiger partial charge in [0.05, 0.1) is 0 Å². The van der Waals surface area contributed by atoms with Gasteiger partial charge in [-0.1, -0.05) is 13.0 Å². The Kier molecular flexibility index (Phi) is 3.76.